The highest BCUT2D eigenvalue weighted by Crippen LogP contribution is 2.60. The molecule has 9 N–H and O–H groups in total. The molecule has 22 heteroatoms. The summed E-state index contributed by atoms with van der Waals surface area (Å²) in [4.78, 5) is 31.9. The van der Waals surface area contributed by atoms with Gasteiger partial charge in [0.15, 0.2) is 36.2 Å². The number of ether oxygens (including phenoxy) is 2. The van der Waals surface area contributed by atoms with E-state index < -0.39 is 77.9 Å². The van der Waals surface area contributed by atoms with E-state index in [1.165, 1.54) is 27.9 Å². The fourth-order valence-electron chi connectivity index (χ4n) is 4.57. The molecule has 5 rings (SSSR count). The van der Waals surface area contributed by atoms with E-state index >= 15 is 0 Å². The predicted octanol–water partition coefficient (Wildman–Crippen LogP) is -2.62. The van der Waals surface area contributed by atoms with Crippen molar-refractivity contribution in [3.8, 4) is 0 Å². The second-order valence-electron chi connectivity index (χ2n) is 9.60. The van der Waals surface area contributed by atoms with E-state index in [1.54, 1.807) is 12.1 Å². The zero-order valence-electron chi connectivity index (χ0n) is 21.9. The van der Waals surface area contributed by atoms with E-state index in [9.17, 15) is 44.4 Å². The van der Waals surface area contributed by atoms with Crippen molar-refractivity contribution in [3.05, 3.63) is 42.7 Å². The minimum absolute atomic E-state index is 0.0578. The smallest absolute Gasteiger partial charge is 0.391 e. The summed E-state index contributed by atoms with van der Waals surface area (Å²) in [5, 5.41) is 50.9. The maximum atomic E-state index is 12.4. The number of nitrogen functional groups attached to an aromatic ring is 1. The molecule has 10 atom stereocenters. The van der Waals surface area contributed by atoms with Crippen LogP contribution in [0.15, 0.2) is 37.2 Å². The number of fused-ring (bicyclic) bond motifs is 1. The summed E-state index contributed by atoms with van der Waals surface area (Å²) in [6, 6.07) is 3.17. The van der Waals surface area contributed by atoms with Crippen LogP contribution in [0.4, 0.5) is 5.82 Å². The van der Waals surface area contributed by atoms with Crippen molar-refractivity contribution in [2.45, 2.75) is 55.7 Å². The van der Waals surface area contributed by atoms with Gasteiger partial charge < -0.3 is 50.5 Å². The summed E-state index contributed by atoms with van der Waals surface area (Å²) in [6.07, 6.45) is -6.17. The molecule has 0 aromatic carbocycles. The van der Waals surface area contributed by atoms with Gasteiger partial charge in [-0.15, -0.1) is 0 Å². The third-order valence-corrected chi connectivity index (χ3v) is 9.31. The van der Waals surface area contributed by atoms with Crippen LogP contribution in [0.3, 0.4) is 0 Å². The number of nitrogens with zero attached hydrogens (tertiary/aromatic N) is 5. The third-order valence-electron chi connectivity index (χ3n) is 6.71. The van der Waals surface area contributed by atoms with Crippen molar-refractivity contribution in [1.29, 1.82) is 0 Å². The SMILES string of the molecule is Nc1ncnc2c1ncn2[C@@H]1O[C@H](COP(=O)(O)OP(=O)(O)OC[C@H]2O[C@@H]([n+]3cccc(CO)c3)[C@H](O)[C@@H]2O)[C@@H](O)[C@H]1O. The Labute approximate surface area is 241 Å². The number of phosphoric ester groups is 2. The number of hydrogen-bond acceptors (Lipinski definition) is 16. The molecule has 0 aliphatic carbocycles. The number of rotatable bonds is 11. The molecule has 2 fully saturated rings. The normalized spacial score (nSPS) is 32.2. The maximum absolute atomic E-state index is 12.4. The predicted molar refractivity (Wildman–Crippen MR) is 137 cm³/mol. The quantitative estimate of drug-likeness (QED) is 0.0777. The monoisotopic (exact) mass is 651 g/mol. The van der Waals surface area contributed by atoms with Crippen molar-refractivity contribution in [2.24, 2.45) is 0 Å². The highest BCUT2D eigenvalue weighted by atomic mass is 31.3. The molecule has 2 unspecified atom stereocenters. The average molecular weight is 651 g/mol. The molecule has 3 aromatic heterocycles. The summed E-state index contributed by atoms with van der Waals surface area (Å²) in [5.74, 6) is 0.0578. The molecule has 0 amide bonds. The van der Waals surface area contributed by atoms with Crippen LogP contribution in [0.1, 0.15) is 18.0 Å². The number of hydrogen-bond donors (Lipinski definition) is 8. The standard InChI is InChI=1S/C21H28N6O14P2/c22-18-13-19(24-8-23-18)27(9-25-13)21-17(32)15(30)12(40-21)7-38-43(35,36)41-42(33,34)37-6-11-14(29)16(31)20(39-11)26-3-1-2-10(4-26)5-28/h1-4,8-9,11-12,14-17,20-21,28-32H,5-7H2,(H3-,22,23,24,33,34,35,36)/p+1/t11-,12-,14-,15-,16-,17-,20-,21-/m1/s1. The van der Waals surface area contributed by atoms with Gasteiger partial charge in [0.1, 0.15) is 42.4 Å². The first kappa shape index (κ1) is 31.9. The van der Waals surface area contributed by atoms with Crippen LogP contribution in [-0.4, -0.2) is 105 Å². The van der Waals surface area contributed by atoms with Gasteiger partial charge in [-0.3, -0.25) is 13.6 Å². The Hall–Kier alpha value is -2.52. The summed E-state index contributed by atoms with van der Waals surface area (Å²) in [5.41, 5.74) is 6.61. The fourth-order valence-corrected chi connectivity index (χ4v) is 6.67. The van der Waals surface area contributed by atoms with Crippen LogP contribution in [0.5, 0.6) is 0 Å². The summed E-state index contributed by atoms with van der Waals surface area (Å²) in [6.45, 7) is -2.03. The lowest BCUT2D eigenvalue weighted by Crippen LogP contribution is -2.46. The highest BCUT2D eigenvalue weighted by Gasteiger charge is 2.50. The number of pyridine rings is 1. The number of aliphatic hydroxyl groups is 5. The van der Waals surface area contributed by atoms with Gasteiger partial charge in [-0.2, -0.15) is 8.88 Å². The molecular weight excluding hydrogens is 622 g/mol. The zero-order chi connectivity index (χ0) is 31.1. The number of phosphoric acid groups is 2. The van der Waals surface area contributed by atoms with Crippen molar-refractivity contribution >= 4 is 32.6 Å². The lowest BCUT2D eigenvalue weighted by molar-refractivity contribution is -0.766. The van der Waals surface area contributed by atoms with Crippen LogP contribution < -0.4 is 10.3 Å². The van der Waals surface area contributed by atoms with E-state index in [-0.39, 0.29) is 23.6 Å². The lowest BCUT2D eigenvalue weighted by Gasteiger charge is -2.20. The van der Waals surface area contributed by atoms with Gasteiger partial charge in [0.05, 0.1) is 26.1 Å². The first-order chi connectivity index (χ1) is 20.3. The number of aromatic nitrogens is 5. The largest absolute Gasteiger partial charge is 0.481 e. The van der Waals surface area contributed by atoms with Gasteiger partial charge in [0.2, 0.25) is 0 Å². The molecule has 0 saturated carbocycles. The minimum Gasteiger partial charge on any atom is -0.391 e. The second-order valence-corrected chi connectivity index (χ2v) is 12.6. The number of nitrogens with two attached hydrogens (primary N) is 1. The van der Waals surface area contributed by atoms with E-state index in [2.05, 4.69) is 19.3 Å². The number of aliphatic hydroxyl groups excluding tert-OH is 5. The number of anilines is 1. The van der Waals surface area contributed by atoms with E-state index in [1.807, 2.05) is 0 Å². The Kier molecular flexibility index (Phi) is 9.25. The topological polar surface area (TPSA) is 295 Å². The van der Waals surface area contributed by atoms with Gasteiger partial charge >= 0.3 is 15.6 Å². The lowest BCUT2D eigenvalue weighted by atomic mass is 10.1. The van der Waals surface area contributed by atoms with Crippen LogP contribution in [0.2, 0.25) is 0 Å². The molecule has 0 spiro atoms. The molecule has 43 heavy (non-hydrogen) atoms. The van der Waals surface area contributed by atoms with E-state index in [0.29, 0.717) is 5.56 Å². The van der Waals surface area contributed by atoms with Crippen molar-refractivity contribution in [3.63, 3.8) is 0 Å². The second kappa shape index (κ2) is 12.5. The molecule has 2 saturated heterocycles. The van der Waals surface area contributed by atoms with Crippen LogP contribution in [0.25, 0.3) is 11.2 Å². The van der Waals surface area contributed by atoms with Crippen molar-refractivity contribution in [1.82, 2.24) is 19.5 Å². The average Bonchev–Trinajstić information content (AvgIpc) is 3.61. The van der Waals surface area contributed by atoms with Crippen molar-refractivity contribution in [2.75, 3.05) is 18.9 Å². The first-order valence-electron chi connectivity index (χ1n) is 12.5. The van der Waals surface area contributed by atoms with Gasteiger partial charge in [-0.05, 0) is 6.07 Å². The summed E-state index contributed by atoms with van der Waals surface area (Å²) < 4.78 is 52.2. The third kappa shape index (κ3) is 6.77. The Balaban J connectivity index is 1.15. The molecule has 2 aliphatic heterocycles. The summed E-state index contributed by atoms with van der Waals surface area (Å²) in [7, 11) is -10.7. The van der Waals surface area contributed by atoms with Crippen LogP contribution in [0, 0.1) is 0 Å². The van der Waals surface area contributed by atoms with E-state index in [4.69, 9.17) is 24.3 Å². The Morgan fingerprint density at radius 3 is 2.28 bits per heavy atom. The molecule has 0 radical (unpaired) electrons. The van der Waals surface area contributed by atoms with Gasteiger partial charge in [0.25, 0.3) is 6.23 Å². The van der Waals surface area contributed by atoms with Gasteiger partial charge in [0, 0.05) is 11.6 Å². The Bertz CT molecular complexity index is 1550. The van der Waals surface area contributed by atoms with Gasteiger partial charge in [-0.1, -0.05) is 0 Å². The molecule has 236 valence electrons. The molecule has 20 nitrogen and oxygen atoms in total. The van der Waals surface area contributed by atoms with Crippen LogP contribution >= 0.6 is 15.6 Å². The van der Waals surface area contributed by atoms with E-state index in [0.717, 1.165) is 6.33 Å². The van der Waals surface area contributed by atoms with Crippen LogP contribution in [-0.2, 0) is 38.6 Å². The molecule has 5 heterocycles. The highest BCUT2D eigenvalue weighted by molar-refractivity contribution is 7.61. The zero-order valence-corrected chi connectivity index (χ0v) is 23.7. The van der Waals surface area contributed by atoms with Crippen molar-refractivity contribution < 1.29 is 71.8 Å². The molecule has 0 bridgehead atoms. The molecule has 2 aliphatic rings. The number of imidazole rings is 1. The Morgan fingerprint density at radius 1 is 0.953 bits per heavy atom. The summed E-state index contributed by atoms with van der Waals surface area (Å²) >= 11 is 0. The molecular formula is C21H29N6O14P2+. The van der Waals surface area contributed by atoms with Gasteiger partial charge in [-0.25, -0.2) is 24.1 Å². The minimum atomic E-state index is -5.34. The Morgan fingerprint density at radius 2 is 1.60 bits per heavy atom. The first-order valence-corrected chi connectivity index (χ1v) is 15.5. The molecule has 3 aromatic rings. The fraction of sp³-hybridized carbons (Fsp3) is 0.524. The maximum Gasteiger partial charge on any atom is 0.481 e.